The Kier molecular flexibility index (Phi) is 3.65. The first-order valence-electron chi connectivity index (χ1n) is 7.29. The van der Waals surface area contributed by atoms with Crippen molar-refractivity contribution in [2.24, 2.45) is 0 Å². The number of benzene rings is 2. The van der Waals surface area contributed by atoms with Crippen LogP contribution in [0.25, 0.3) is 0 Å². The van der Waals surface area contributed by atoms with Crippen LogP contribution < -0.4 is 10.1 Å². The number of rotatable bonds is 4. The lowest BCUT2D eigenvalue weighted by Crippen LogP contribution is -2.17. The zero-order chi connectivity index (χ0) is 14.8. The number of ether oxygens (including phenoxy) is 1. The van der Waals surface area contributed by atoms with Gasteiger partial charge in [0.25, 0.3) is 0 Å². The molecule has 1 aliphatic rings. The summed E-state index contributed by atoms with van der Waals surface area (Å²) in [4.78, 5) is 12.9. The molecule has 0 aliphatic carbocycles. The second-order valence-electron chi connectivity index (χ2n) is 5.55. The first kappa shape index (κ1) is 13.7. The maximum absolute atomic E-state index is 12.9. The molecule has 1 atom stereocenters. The highest BCUT2D eigenvalue weighted by molar-refractivity contribution is 6.05. The van der Waals surface area contributed by atoms with E-state index >= 15 is 0 Å². The Morgan fingerprint density at radius 3 is 2.67 bits per heavy atom. The number of carbonyl (C=O) groups is 1. The molecule has 1 aliphatic heterocycles. The molecule has 0 spiro atoms. The minimum absolute atomic E-state index is 0.0490. The number of hydrogen-bond acceptors (Lipinski definition) is 3. The van der Waals surface area contributed by atoms with Gasteiger partial charge >= 0.3 is 0 Å². The van der Waals surface area contributed by atoms with Crippen LogP contribution in [0.4, 0.5) is 5.69 Å². The molecule has 0 bridgehead atoms. The van der Waals surface area contributed by atoms with Crippen molar-refractivity contribution in [2.75, 3.05) is 11.9 Å². The molecule has 1 N–H and O–H groups in total. The zero-order valence-corrected chi connectivity index (χ0v) is 12.3. The van der Waals surface area contributed by atoms with Crippen molar-refractivity contribution in [1.29, 1.82) is 0 Å². The van der Waals surface area contributed by atoms with Crippen LogP contribution in [0.1, 0.15) is 35.7 Å². The summed E-state index contributed by atoms with van der Waals surface area (Å²) in [5, 5.41) is 3.30. The van der Waals surface area contributed by atoms with Crippen molar-refractivity contribution in [3.63, 3.8) is 0 Å². The Balaban J connectivity index is 1.94. The van der Waals surface area contributed by atoms with E-state index in [0.29, 0.717) is 17.9 Å². The van der Waals surface area contributed by atoms with Gasteiger partial charge in [0.05, 0.1) is 17.6 Å². The average Bonchev–Trinajstić information content (AvgIpc) is 2.90. The lowest BCUT2D eigenvalue weighted by Gasteiger charge is -2.16. The molecule has 0 fully saturated rings. The Bertz CT molecular complexity index is 664. The van der Waals surface area contributed by atoms with Crippen LogP contribution in [0.2, 0.25) is 0 Å². The molecular weight excluding hydrogens is 262 g/mol. The molecule has 3 rings (SSSR count). The first-order chi connectivity index (χ1) is 10.2. The molecule has 108 valence electrons. The van der Waals surface area contributed by atoms with E-state index in [-0.39, 0.29) is 17.8 Å². The third-order valence-electron chi connectivity index (χ3n) is 3.66. The third-order valence-corrected chi connectivity index (χ3v) is 3.66. The van der Waals surface area contributed by atoms with E-state index in [1.54, 1.807) is 0 Å². The van der Waals surface area contributed by atoms with Crippen LogP contribution >= 0.6 is 0 Å². The minimum atomic E-state index is -0.141. The van der Waals surface area contributed by atoms with E-state index in [1.807, 2.05) is 62.4 Å². The number of carbonyl (C=O) groups excluding carboxylic acids is 1. The van der Waals surface area contributed by atoms with Crippen LogP contribution in [0.5, 0.6) is 5.75 Å². The number of hydrogen-bond donors (Lipinski definition) is 1. The Morgan fingerprint density at radius 1 is 1.14 bits per heavy atom. The lowest BCUT2D eigenvalue weighted by molar-refractivity contribution is 0.0960. The third kappa shape index (κ3) is 2.64. The van der Waals surface area contributed by atoms with Crippen molar-refractivity contribution in [2.45, 2.75) is 25.9 Å². The molecule has 1 unspecified atom stereocenters. The van der Waals surface area contributed by atoms with Crippen molar-refractivity contribution < 1.29 is 9.53 Å². The zero-order valence-electron chi connectivity index (χ0n) is 12.3. The molecule has 0 saturated heterocycles. The summed E-state index contributed by atoms with van der Waals surface area (Å²) >= 11 is 0. The SMILES string of the molecule is CC(C)Oc1ccccc1C(=O)C1CNc2ccccc21. The van der Waals surface area contributed by atoms with Gasteiger partial charge in [-0.05, 0) is 37.6 Å². The van der Waals surface area contributed by atoms with Gasteiger partial charge in [-0.3, -0.25) is 4.79 Å². The minimum Gasteiger partial charge on any atom is -0.490 e. The van der Waals surface area contributed by atoms with Gasteiger partial charge < -0.3 is 10.1 Å². The molecule has 2 aromatic carbocycles. The predicted octanol–water partition coefficient (Wildman–Crippen LogP) is 3.87. The van der Waals surface area contributed by atoms with Crippen molar-refractivity contribution in [1.82, 2.24) is 0 Å². The summed E-state index contributed by atoms with van der Waals surface area (Å²) in [6.45, 7) is 4.58. The Labute approximate surface area is 124 Å². The normalized spacial score (nSPS) is 16.4. The van der Waals surface area contributed by atoms with Gasteiger partial charge in [-0.25, -0.2) is 0 Å². The Hall–Kier alpha value is -2.29. The molecule has 0 saturated carbocycles. The van der Waals surface area contributed by atoms with Crippen molar-refractivity contribution in [3.8, 4) is 5.75 Å². The number of ketones is 1. The molecule has 1 heterocycles. The molecule has 3 nitrogen and oxygen atoms in total. The molecule has 0 aromatic heterocycles. The van der Waals surface area contributed by atoms with Gasteiger partial charge in [-0.15, -0.1) is 0 Å². The summed E-state index contributed by atoms with van der Waals surface area (Å²) in [6.07, 6.45) is 0.0490. The standard InChI is InChI=1S/C18H19NO2/c1-12(2)21-17-10-6-4-8-14(17)18(20)15-11-19-16-9-5-3-7-13(15)16/h3-10,12,15,19H,11H2,1-2H3. The van der Waals surface area contributed by atoms with E-state index in [2.05, 4.69) is 5.32 Å². The molecule has 0 amide bonds. The fourth-order valence-electron chi connectivity index (χ4n) is 2.73. The highest BCUT2D eigenvalue weighted by Crippen LogP contribution is 2.35. The Morgan fingerprint density at radius 2 is 1.86 bits per heavy atom. The van der Waals surface area contributed by atoms with Gasteiger partial charge in [0.1, 0.15) is 5.75 Å². The number of para-hydroxylation sites is 2. The van der Waals surface area contributed by atoms with E-state index in [1.165, 1.54) is 0 Å². The fraction of sp³-hybridized carbons (Fsp3) is 0.278. The van der Waals surface area contributed by atoms with E-state index in [0.717, 1.165) is 11.3 Å². The lowest BCUT2D eigenvalue weighted by atomic mass is 9.92. The van der Waals surface area contributed by atoms with Gasteiger partial charge in [0, 0.05) is 12.2 Å². The van der Waals surface area contributed by atoms with Crippen LogP contribution in [-0.4, -0.2) is 18.4 Å². The number of Topliss-reactive ketones (excluding diaryl/α,β-unsaturated/α-hetero) is 1. The average molecular weight is 281 g/mol. The van der Waals surface area contributed by atoms with Crippen LogP contribution in [0.3, 0.4) is 0 Å². The largest absolute Gasteiger partial charge is 0.490 e. The van der Waals surface area contributed by atoms with Gasteiger partial charge in [0.2, 0.25) is 0 Å². The monoisotopic (exact) mass is 281 g/mol. The van der Waals surface area contributed by atoms with Gasteiger partial charge in [0.15, 0.2) is 5.78 Å². The van der Waals surface area contributed by atoms with Crippen molar-refractivity contribution >= 4 is 11.5 Å². The van der Waals surface area contributed by atoms with Crippen molar-refractivity contribution in [3.05, 3.63) is 59.7 Å². The van der Waals surface area contributed by atoms with Crippen LogP contribution in [-0.2, 0) is 0 Å². The van der Waals surface area contributed by atoms with E-state index in [4.69, 9.17) is 4.74 Å². The number of fused-ring (bicyclic) bond motifs is 1. The maximum atomic E-state index is 12.9. The van der Waals surface area contributed by atoms with E-state index < -0.39 is 0 Å². The summed E-state index contributed by atoms with van der Waals surface area (Å²) in [5.74, 6) is 0.642. The maximum Gasteiger partial charge on any atom is 0.175 e. The first-order valence-corrected chi connectivity index (χ1v) is 7.29. The van der Waals surface area contributed by atoms with E-state index in [9.17, 15) is 4.79 Å². The molecule has 21 heavy (non-hydrogen) atoms. The summed E-state index contributed by atoms with van der Waals surface area (Å²) in [6, 6.07) is 15.5. The summed E-state index contributed by atoms with van der Waals surface area (Å²) in [7, 11) is 0. The highest BCUT2D eigenvalue weighted by atomic mass is 16.5. The molecule has 0 radical (unpaired) electrons. The van der Waals surface area contributed by atoms with Crippen LogP contribution in [0.15, 0.2) is 48.5 Å². The topological polar surface area (TPSA) is 38.3 Å². The quantitative estimate of drug-likeness (QED) is 0.865. The number of nitrogens with one attached hydrogen (secondary N) is 1. The summed E-state index contributed by atoms with van der Waals surface area (Å²) < 4.78 is 5.77. The van der Waals surface area contributed by atoms with Gasteiger partial charge in [-0.1, -0.05) is 30.3 Å². The summed E-state index contributed by atoms with van der Waals surface area (Å²) in [5.41, 5.74) is 2.79. The smallest absolute Gasteiger partial charge is 0.175 e. The fourth-order valence-corrected chi connectivity index (χ4v) is 2.73. The highest BCUT2D eigenvalue weighted by Gasteiger charge is 2.30. The second-order valence-corrected chi connectivity index (χ2v) is 5.55. The second kappa shape index (κ2) is 5.60. The van der Waals surface area contributed by atoms with Crippen LogP contribution in [0, 0.1) is 0 Å². The molecular formula is C18H19NO2. The molecule has 2 aromatic rings. The molecule has 3 heteroatoms. The predicted molar refractivity (Wildman–Crippen MR) is 84.2 cm³/mol. The number of anilines is 1. The van der Waals surface area contributed by atoms with Gasteiger partial charge in [-0.2, -0.15) is 0 Å².